The van der Waals surface area contributed by atoms with Crippen molar-refractivity contribution in [3.8, 4) is 12.3 Å². The Kier molecular flexibility index (Phi) is 7.58. The number of benzene rings is 1. The van der Waals surface area contributed by atoms with Gasteiger partial charge >= 0.3 is 0 Å². The molecule has 2 aromatic rings. The number of anilines is 3. The topological polar surface area (TPSA) is 118 Å². The number of nitrogens with two attached hydrogens (primary N) is 1. The van der Waals surface area contributed by atoms with Gasteiger partial charge in [-0.05, 0) is 49.1 Å². The Labute approximate surface area is 211 Å². The number of terminal acetylenes is 1. The molecule has 0 spiro atoms. The van der Waals surface area contributed by atoms with Gasteiger partial charge in [0.15, 0.2) is 0 Å². The molecule has 1 aromatic carbocycles. The van der Waals surface area contributed by atoms with E-state index in [0.717, 1.165) is 73.5 Å². The number of morpholine rings is 1. The van der Waals surface area contributed by atoms with Gasteiger partial charge in [0.25, 0.3) is 0 Å². The van der Waals surface area contributed by atoms with Crippen LogP contribution in [-0.2, 0) is 15.9 Å². The summed E-state index contributed by atoms with van der Waals surface area (Å²) in [6, 6.07) is 5.74. The van der Waals surface area contributed by atoms with Crippen molar-refractivity contribution in [1.29, 1.82) is 0 Å². The van der Waals surface area contributed by atoms with E-state index in [9.17, 15) is 5.11 Å². The highest BCUT2D eigenvalue weighted by molar-refractivity contribution is 5.66. The van der Waals surface area contributed by atoms with E-state index in [1.807, 2.05) is 30.5 Å². The van der Waals surface area contributed by atoms with Gasteiger partial charge in [0, 0.05) is 61.0 Å². The fraction of sp³-hybridized carbons (Fsp3) is 0.444. The summed E-state index contributed by atoms with van der Waals surface area (Å²) in [4.78, 5) is 15.8. The molecule has 9 heteroatoms. The molecular formula is C27H32N6O3. The van der Waals surface area contributed by atoms with Gasteiger partial charge in [0.1, 0.15) is 6.23 Å². The largest absolute Gasteiger partial charge is 0.378 e. The van der Waals surface area contributed by atoms with E-state index in [4.69, 9.17) is 26.6 Å². The summed E-state index contributed by atoms with van der Waals surface area (Å²) in [6.07, 6.45) is 13.7. The molecule has 3 aliphatic rings. The Morgan fingerprint density at radius 2 is 2.11 bits per heavy atom. The quantitative estimate of drug-likeness (QED) is 0.420. The molecule has 0 bridgehead atoms. The van der Waals surface area contributed by atoms with Gasteiger partial charge in [-0.1, -0.05) is 5.92 Å². The molecule has 9 nitrogen and oxygen atoms in total. The maximum atomic E-state index is 10.1. The molecule has 2 aliphatic heterocycles. The normalized spacial score (nSPS) is 22.7. The highest BCUT2D eigenvalue weighted by Gasteiger charge is 2.24. The van der Waals surface area contributed by atoms with Gasteiger partial charge in [-0.2, -0.15) is 0 Å². The number of hydrogen-bond acceptors (Lipinski definition) is 9. The van der Waals surface area contributed by atoms with E-state index in [1.165, 1.54) is 0 Å². The maximum Gasteiger partial charge on any atom is 0.227 e. The Bertz CT molecular complexity index is 1180. The lowest BCUT2D eigenvalue weighted by Crippen LogP contribution is -2.36. The molecule has 3 unspecified atom stereocenters. The number of fused-ring (bicyclic) bond motifs is 1. The van der Waals surface area contributed by atoms with E-state index in [0.29, 0.717) is 24.7 Å². The van der Waals surface area contributed by atoms with Crippen molar-refractivity contribution in [3.63, 3.8) is 0 Å². The smallest absolute Gasteiger partial charge is 0.227 e. The van der Waals surface area contributed by atoms with Crippen LogP contribution in [0.3, 0.4) is 0 Å². The summed E-state index contributed by atoms with van der Waals surface area (Å²) in [6.45, 7) is 3.68. The van der Waals surface area contributed by atoms with Crippen molar-refractivity contribution >= 4 is 29.6 Å². The number of aryl methyl sites for hydroxylation is 1. The van der Waals surface area contributed by atoms with Crippen molar-refractivity contribution in [2.24, 2.45) is 10.7 Å². The number of hydrogen-bond donors (Lipinski definition) is 3. The predicted octanol–water partition coefficient (Wildman–Crippen LogP) is 2.59. The van der Waals surface area contributed by atoms with Crippen LogP contribution in [0.1, 0.15) is 42.3 Å². The van der Waals surface area contributed by atoms with Crippen LogP contribution in [0.15, 0.2) is 35.0 Å². The molecule has 3 atom stereocenters. The fourth-order valence-corrected chi connectivity index (χ4v) is 4.75. The first-order valence-electron chi connectivity index (χ1n) is 12.5. The maximum absolute atomic E-state index is 10.1. The SMILES string of the molecule is C#CC1=Cc2cnc(Nc3cc(C(N)O)cc(N4CCOCC4)c3)nc2CCC1OC1CC=NCC1. The van der Waals surface area contributed by atoms with Crippen LogP contribution in [0.5, 0.6) is 0 Å². The van der Waals surface area contributed by atoms with Crippen LogP contribution in [0.4, 0.5) is 17.3 Å². The Morgan fingerprint density at radius 1 is 1.25 bits per heavy atom. The van der Waals surface area contributed by atoms with Crippen molar-refractivity contribution in [3.05, 3.63) is 46.8 Å². The van der Waals surface area contributed by atoms with Gasteiger partial charge in [0.05, 0.1) is 31.1 Å². The first-order chi connectivity index (χ1) is 17.6. The van der Waals surface area contributed by atoms with Crippen molar-refractivity contribution in [2.45, 2.75) is 44.1 Å². The second-order valence-corrected chi connectivity index (χ2v) is 9.22. The number of aliphatic imine (C=N–C) groups is 1. The van der Waals surface area contributed by atoms with E-state index >= 15 is 0 Å². The third-order valence-electron chi connectivity index (χ3n) is 6.72. The number of nitrogens with one attached hydrogen (secondary N) is 1. The van der Waals surface area contributed by atoms with Crippen LogP contribution in [0, 0.1) is 12.3 Å². The van der Waals surface area contributed by atoms with E-state index < -0.39 is 6.23 Å². The zero-order valence-corrected chi connectivity index (χ0v) is 20.3. The van der Waals surface area contributed by atoms with E-state index in [-0.39, 0.29) is 12.2 Å². The minimum absolute atomic E-state index is 0.139. The summed E-state index contributed by atoms with van der Waals surface area (Å²) in [7, 11) is 0. The summed E-state index contributed by atoms with van der Waals surface area (Å²) in [5.41, 5.74) is 10.8. The molecule has 1 fully saturated rings. The zero-order chi connectivity index (χ0) is 24.9. The standard InChI is InChI=1S/C27H32N6O3/c1-2-18-13-20-17-30-27(32-24(20)3-4-25(18)36-23-5-7-29-8-6-23)31-21-14-19(26(28)34)15-22(16-21)33-9-11-35-12-10-33/h1,7,13-17,23,25-26,34H,3-6,8-12,28H2,(H,30,31,32). The molecular weight excluding hydrogens is 456 g/mol. The second kappa shape index (κ2) is 11.2. The predicted molar refractivity (Wildman–Crippen MR) is 140 cm³/mol. The van der Waals surface area contributed by atoms with Crippen molar-refractivity contribution in [1.82, 2.24) is 9.97 Å². The first kappa shape index (κ1) is 24.4. The lowest BCUT2D eigenvalue weighted by Gasteiger charge is -2.30. The summed E-state index contributed by atoms with van der Waals surface area (Å²) in [5, 5.41) is 13.3. The van der Waals surface area contributed by atoms with E-state index in [1.54, 1.807) is 6.20 Å². The second-order valence-electron chi connectivity index (χ2n) is 9.22. The van der Waals surface area contributed by atoms with Crippen LogP contribution in [-0.4, -0.2) is 66.3 Å². The van der Waals surface area contributed by atoms with Crippen LogP contribution >= 0.6 is 0 Å². The van der Waals surface area contributed by atoms with Gasteiger partial charge in [-0.25, -0.2) is 9.97 Å². The average molecular weight is 489 g/mol. The van der Waals surface area contributed by atoms with Gasteiger partial charge < -0.3 is 30.5 Å². The van der Waals surface area contributed by atoms with Crippen LogP contribution in [0.25, 0.3) is 6.08 Å². The summed E-state index contributed by atoms with van der Waals surface area (Å²) >= 11 is 0. The Balaban J connectivity index is 1.35. The molecule has 188 valence electrons. The molecule has 0 radical (unpaired) electrons. The molecule has 5 rings (SSSR count). The number of ether oxygens (including phenoxy) is 2. The minimum atomic E-state index is -1.08. The number of aliphatic hydroxyl groups is 1. The molecule has 4 N–H and O–H groups in total. The molecule has 1 aliphatic carbocycles. The molecule has 3 heterocycles. The van der Waals surface area contributed by atoms with Crippen LogP contribution < -0.4 is 16.0 Å². The number of aromatic nitrogens is 2. The zero-order valence-electron chi connectivity index (χ0n) is 20.3. The molecule has 0 amide bonds. The minimum Gasteiger partial charge on any atom is -0.378 e. The number of nitrogens with zero attached hydrogens (tertiary/aromatic N) is 4. The van der Waals surface area contributed by atoms with Crippen molar-refractivity contribution in [2.75, 3.05) is 43.1 Å². The summed E-state index contributed by atoms with van der Waals surface area (Å²) < 4.78 is 11.8. The number of rotatable bonds is 6. The highest BCUT2D eigenvalue weighted by Crippen LogP contribution is 2.29. The molecule has 0 saturated carbocycles. The fourth-order valence-electron chi connectivity index (χ4n) is 4.75. The lowest BCUT2D eigenvalue weighted by molar-refractivity contribution is 0.00624. The average Bonchev–Trinajstić information content (AvgIpc) is 3.08. The van der Waals surface area contributed by atoms with Gasteiger partial charge in [0.2, 0.25) is 5.95 Å². The van der Waals surface area contributed by atoms with Gasteiger partial charge in [-0.15, -0.1) is 6.42 Å². The summed E-state index contributed by atoms with van der Waals surface area (Å²) in [5.74, 6) is 3.29. The monoisotopic (exact) mass is 488 g/mol. The molecule has 1 aromatic heterocycles. The highest BCUT2D eigenvalue weighted by atomic mass is 16.5. The van der Waals surface area contributed by atoms with Crippen molar-refractivity contribution < 1.29 is 14.6 Å². The molecule has 36 heavy (non-hydrogen) atoms. The van der Waals surface area contributed by atoms with E-state index in [2.05, 4.69) is 26.1 Å². The third kappa shape index (κ3) is 5.74. The first-order valence-corrected chi connectivity index (χ1v) is 12.5. The van der Waals surface area contributed by atoms with Crippen LogP contribution in [0.2, 0.25) is 0 Å². The third-order valence-corrected chi connectivity index (χ3v) is 6.72. The Morgan fingerprint density at radius 3 is 2.86 bits per heavy atom. The number of aliphatic hydroxyl groups excluding tert-OH is 1. The lowest BCUT2D eigenvalue weighted by atomic mass is 10.1. The van der Waals surface area contributed by atoms with Gasteiger partial charge in [-0.3, -0.25) is 4.99 Å². The molecule has 1 saturated heterocycles. The Hall–Kier alpha value is -3.29.